The number of rotatable bonds is 3. The molecule has 0 amide bonds. The molecule has 108 valence electrons. The zero-order valence-electron chi connectivity index (χ0n) is 11.8. The highest BCUT2D eigenvalue weighted by Gasteiger charge is 2.09. The van der Waals surface area contributed by atoms with Gasteiger partial charge in [0.15, 0.2) is 5.82 Å². The first-order valence-electron chi connectivity index (χ1n) is 6.64. The first-order chi connectivity index (χ1) is 10.6. The second-order valence-electron chi connectivity index (χ2n) is 4.76. The van der Waals surface area contributed by atoms with Crippen molar-refractivity contribution in [1.82, 2.24) is 15.0 Å². The molecule has 0 aliphatic rings. The lowest BCUT2D eigenvalue weighted by molar-refractivity contribution is -0.384. The Kier molecular flexibility index (Phi) is 3.57. The third-order valence-corrected chi connectivity index (χ3v) is 3.17. The minimum atomic E-state index is -0.419. The number of nitrogens with zero attached hydrogens (tertiary/aromatic N) is 4. The smallest absolute Gasteiger partial charge is 0.265 e. The fraction of sp³-hybridized carbons (Fsp3) is 0.0625. The number of benzene rings is 1. The summed E-state index contributed by atoms with van der Waals surface area (Å²) >= 11 is 0. The Morgan fingerprint density at radius 1 is 0.955 bits per heavy atom. The molecule has 0 atom stereocenters. The van der Waals surface area contributed by atoms with Crippen molar-refractivity contribution >= 4 is 5.69 Å². The van der Waals surface area contributed by atoms with Gasteiger partial charge in [-0.2, -0.15) is 0 Å². The van der Waals surface area contributed by atoms with Gasteiger partial charge in [0, 0.05) is 41.3 Å². The van der Waals surface area contributed by atoms with Crippen LogP contribution in [0.15, 0.2) is 54.9 Å². The van der Waals surface area contributed by atoms with E-state index in [0.29, 0.717) is 5.82 Å². The van der Waals surface area contributed by atoms with E-state index in [2.05, 4.69) is 15.0 Å². The molecule has 0 fully saturated rings. The molecule has 0 aliphatic carbocycles. The van der Waals surface area contributed by atoms with Gasteiger partial charge in [-0.05, 0) is 37.3 Å². The van der Waals surface area contributed by atoms with Crippen molar-refractivity contribution in [2.24, 2.45) is 0 Å². The van der Waals surface area contributed by atoms with Gasteiger partial charge in [-0.25, -0.2) is 9.97 Å². The lowest BCUT2D eigenvalue weighted by Gasteiger charge is -2.06. The van der Waals surface area contributed by atoms with Gasteiger partial charge >= 0.3 is 0 Å². The van der Waals surface area contributed by atoms with Gasteiger partial charge in [0.1, 0.15) is 0 Å². The Labute approximate surface area is 126 Å². The van der Waals surface area contributed by atoms with Crippen LogP contribution in [-0.4, -0.2) is 19.9 Å². The molecule has 1 aromatic carbocycles. The maximum Gasteiger partial charge on any atom is 0.269 e. The second kappa shape index (κ2) is 5.69. The SMILES string of the molecule is Cc1cc(-c2ccc([N+](=O)[O-])cc2)nc(-c2ccncc2)n1. The number of aryl methyl sites for hydroxylation is 1. The van der Waals surface area contributed by atoms with Crippen LogP contribution in [0.1, 0.15) is 5.69 Å². The summed E-state index contributed by atoms with van der Waals surface area (Å²) < 4.78 is 0. The maximum atomic E-state index is 10.7. The van der Waals surface area contributed by atoms with Crippen molar-refractivity contribution in [2.75, 3.05) is 0 Å². The van der Waals surface area contributed by atoms with Crippen LogP contribution in [0.5, 0.6) is 0 Å². The van der Waals surface area contributed by atoms with E-state index >= 15 is 0 Å². The van der Waals surface area contributed by atoms with E-state index in [0.717, 1.165) is 22.5 Å². The van der Waals surface area contributed by atoms with Crippen molar-refractivity contribution in [3.05, 3.63) is 70.7 Å². The summed E-state index contributed by atoms with van der Waals surface area (Å²) in [6.45, 7) is 1.89. The number of non-ortho nitro benzene ring substituents is 1. The molecule has 0 saturated carbocycles. The fourth-order valence-corrected chi connectivity index (χ4v) is 2.10. The third kappa shape index (κ3) is 2.80. The van der Waals surface area contributed by atoms with Gasteiger partial charge < -0.3 is 0 Å². The zero-order valence-corrected chi connectivity index (χ0v) is 11.8. The summed E-state index contributed by atoms with van der Waals surface area (Å²) in [6.07, 6.45) is 3.37. The Bertz CT molecular complexity index is 817. The molecule has 0 bridgehead atoms. The third-order valence-electron chi connectivity index (χ3n) is 3.17. The largest absolute Gasteiger partial charge is 0.269 e. The number of aromatic nitrogens is 3. The Hall–Kier alpha value is -3.15. The van der Waals surface area contributed by atoms with Crippen molar-refractivity contribution in [3.63, 3.8) is 0 Å². The lowest BCUT2D eigenvalue weighted by atomic mass is 10.1. The average Bonchev–Trinajstić information content (AvgIpc) is 2.55. The average molecular weight is 292 g/mol. The van der Waals surface area contributed by atoms with Crippen molar-refractivity contribution < 1.29 is 4.92 Å². The molecule has 6 heteroatoms. The van der Waals surface area contributed by atoms with E-state index in [-0.39, 0.29) is 5.69 Å². The summed E-state index contributed by atoms with van der Waals surface area (Å²) in [5.41, 5.74) is 3.31. The number of pyridine rings is 1. The van der Waals surface area contributed by atoms with Crippen LogP contribution in [0.3, 0.4) is 0 Å². The van der Waals surface area contributed by atoms with Crippen LogP contribution in [0.25, 0.3) is 22.6 Å². The van der Waals surface area contributed by atoms with Gasteiger partial charge in [-0.1, -0.05) is 0 Å². The molecule has 0 spiro atoms. The van der Waals surface area contributed by atoms with E-state index in [4.69, 9.17) is 0 Å². The number of nitro groups is 1. The van der Waals surface area contributed by atoms with Gasteiger partial charge in [-0.15, -0.1) is 0 Å². The van der Waals surface area contributed by atoms with E-state index < -0.39 is 4.92 Å². The molecule has 22 heavy (non-hydrogen) atoms. The van der Waals surface area contributed by atoms with Gasteiger partial charge in [-0.3, -0.25) is 15.1 Å². The van der Waals surface area contributed by atoms with E-state index in [1.165, 1.54) is 12.1 Å². The fourth-order valence-electron chi connectivity index (χ4n) is 2.10. The van der Waals surface area contributed by atoms with Crippen LogP contribution in [-0.2, 0) is 0 Å². The first kappa shape index (κ1) is 13.8. The highest BCUT2D eigenvalue weighted by Crippen LogP contribution is 2.24. The Morgan fingerprint density at radius 2 is 1.64 bits per heavy atom. The van der Waals surface area contributed by atoms with Gasteiger partial charge in [0.05, 0.1) is 10.6 Å². The molecule has 0 unspecified atom stereocenters. The van der Waals surface area contributed by atoms with E-state index in [1.54, 1.807) is 24.5 Å². The Balaban J connectivity index is 2.04. The zero-order chi connectivity index (χ0) is 15.5. The maximum absolute atomic E-state index is 10.7. The van der Waals surface area contributed by atoms with Gasteiger partial charge in [0.2, 0.25) is 0 Å². The van der Waals surface area contributed by atoms with Crippen LogP contribution in [0, 0.1) is 17.0 Å². The summed E-state index contributed by atoms with van der Waals surface area (Å²) in [7, 11) is 0. The van der Waals surface area contributed by atoms with E-state index in [1.807, 2.05) is 25.1 Å². The summed E-state index contributed by atoms with van der Waals surface area (Å²) in [6, 6.07) is 11.9. The molecule has 0 radical (unpaired) electrons. The lowest BCUT2D eigenvalue weighted by Crippen LogP contribution is -1.95. The molecular weight excluding hydrogens is 280 g/mol. The molecule has 0 N–H and O–H groups in total. The highest BCUT2D eigenvalue weighted by atomic mass is 16.6. The standard InChI is InChI=1S/C16H12N4O2/c1-11-10-15(12-2-4-14(5-3-12)20(21)22)19-16(18-11)13-6-8-17-9-7-13/h2-10H,1H3. The Morgan fingerprint density at radius 3 is 2.27 bits per heavy atom. The quantitative estimate of drug-likeness (QED) is 0.545. The molecule has 6 nitrogen and oxygen atoms in total. The molecule has 0 saturated heterocycles. The van der Waals surface area contributed by atoms with Crippen LogP contribution >= 0.6 is 0 Å². The first-order valence-corrected chi connectivity index (χ1v) is 6.64. The second-order valence-corrected chi connectivity index (χ2v) is 4.76. The highest BCUT2D eigenvalue weighted by molar-refractivity contribution is 5.65. The van der Waals surface area contributed by atoms with Crippen molar-refractivity contribution in [2.45, 2.75) is 6.92 Å². The topological polar surface area (TPSA) is 81.8 Å². The summed E-state index contributed by atoms with van der Waals surface area (Å²) in [5, 5.41) is 10.7. The number of hydrogen-bond donors (Lipinski definition) is 0. The monoisotopic (exact) mass is 292 g/mol. The predicted molar refractivity (Wildman–Crippen MR) is 82.1 cm³/mol. The molecule has 0 aliphatic heterocycles. The van der Waals surface area contributed by atoms with Crippen molar-refractivity contribution in [3.8, 4) is 22.6 Å². The molecule has 3 rings (SSSR count). The van der Waals surface area contributed by atoms with Crippen molar-refractivity contribution in [1.29, 1.82) is 0 Å². The minimum absolute atomic E-state index is 0.0592. The summed E-state index contributed by atoms with van der Waals surface area (Å²) in [4.78, 5) is 23.2. The number of hydrogen-bond acceptors (Lipinski definition) is 5. The minimum Gasteiger partial charge on any atom is -0.265 e. The molecule has 2 aromatic heterocycles. The normalized spacial score (nSPS) is 10.4. The van der Waals surface area contributed by atoms with Crippen LogP contribution in [0.4, 0.5) is 5.69 Å². The van der Waals surface area contributed by atoms with Crippen LogP contribution < -0.4 is 0 Å². The molecule has 2 heterocycles. The molecular formula is C16H12N4O2. The van der Waals surface area contributed by atoms with Crippen LogP contribution in [0.2, 0.25) is 0 Å². The predicted octanol–water partition coefficient (Wildman–Crippen LogP) is 3.42. The van der Waals surface area contributed by atoms with E-state index in [9.17, 15) is 10.1 Å². The summed E-state index contributed by atoms with van der Waals surface area (Å²) in [5.74, 6) is 0.607. The number of nitro benzene ring substituents is 1. The van der Waals surface area contributed by atoms with Gasteiger partial charge in [0.25, 0.3) is 5.69 Å². The molecule has 3 aromatic rings.